The predicted octanol–water partition coefficient (Wildman–Crippen LogP) is 3.87. The van der Waals surface area contributed by atoms with Crippen LogP contribution in [0.1, 0.15) is 57.8 Å². The first kappa shape index (κ1) is 27.3. The highest BCUT2D eigenvalue weighted by Crippen LogP contribution is 2.26. The molecule has 0 saturated carbocycles. The zero-order chi connectivity index (χ0) is 22.7. The highest BCUT2D eigenvalue weighted by atomic mass is 16.6. The lowest BCUT2D eigenvalue weighted by atomic mass is 9.87. The second-order valence-corrected chi connectivity index (χ2v) is 7.10. The molecule has 0 aromatic rings. The maximum atomic E-state index is 12.1. The molecule has 0 atom stereocenters. The van der Waals surface area contributed by atoms with E-state index in [1.54, 1.807) is 6.08 Å². The molecule has 0 saturated heterocycles. The van der Waals surface area contributed by atoms with Gasteiger partial charge in [-0.05, 0) is 19.3 Å². The van der Waals surface area contributed by atoms with Gasteiger partial charge in [0.1, 0.15) is 26.1 Å². The molecule has 0 spiro atoms. The molecule has 0 fully saturated rings. The summed E-state index contributed by atoms with van der Waals surface area (Å²) in [7, 11) is 0. The molecule has 30 heavy (non-hydrogen) atoms. The van der Waals surface area contributed by atoms with Crippen molar-refractivity contribution >= 4 is 24.2 Å². The molecule has 0 aliphatic heterocycles. The molecular weight excluding hydrogens is 388 g/mol. The van der Waals surface area contributed by atoms with Gasteiger partial charge in [-0.25, -0.2) is 9.59 Å². The van der Waals surface area contributed by atoms with Gasteiger partial charge in [0.05, 0.1) is 5.41 Å². The zero-order valence-corrected chi connectivity index (χ0v) is 17.8. The Morgan fingerprint density at radius 3 is 1.73 bits per heavy atom. The van der Waals surface area contributed by atoms with Crippen LogP contribution in [0, 0.1) is 5.41 Å². The van der Waals surface area contributed by atoms with Crippen molar-refractivity contribution in [1.82, 2.24) is 0 Å². The molecule has 0 aromatic heterocycles. The lowest BCUT2D eigenvalue weighted by Crippen LogP contribution is -2.39. The van der Waals surface area contributed by atoms with E-state index < -0.39 is 17.4 Å². The summed E-state index contributed by atoms with van der Waals surface area (Å²) in [6.45, 7) is 10.0. The molecule has 7 heteroatoms. The van der Waals surface area contributed by atoms with Crippen LogP contribution >= 0.6 is 0 Å². The number of ether oxygens (including phenoxy) is 3. The van der Waals surface area contributed by atoms with Crippen LogP contribution in [0.15, 0.2) is 38.0 Å². The zero-order valence-electron chi connectivity index (χ0n) is 17.8. The van der Waals surface area contributed by atoms with E-state index in [1.807, 2.05) is 0 Å². The maximum Gasteiger partial charge on any atom is 0.330 e. The fourth-order valence-corrected chi connectivity index (χ4v) is 2.68. The van der Waals surface area contributed by atoms with E-state index in [9.17, 15) is 19.2 Å². The van der Waals surface area contributed by atoms with Crippen molar-refractivity contribution in [2.24, 2.45) is 5.41 Å². The van der Waals surface area contributed by atoms with E-state index in [2.05, 4.69) is 19.7 Å². The first-order chi connectivity index (χ1) is 14.4. The molecule has 0 unspecified atom stereocenters. The van der Waals surface area contributed by atoms with Crippen LogP contribution in [0.3, 0.4) is 0 Å². The number of esters is 3. The number of carbonyl (C=O) groups is 4. The summed E-state index contributed by atoms with van der Waals surface area (Å²) in [5.41, 5.74) is -0.937. The molecule has 0 radical (unpaired) electrons. The lowest BCUT2D eigenvalue weighted by molar-refractivity contribution is -0.158. The van der Waals surface area contributed by atoms with Gasteiger partial charge in [-0.15, -0.1) is 6.58 Å². The van der Waals surface area contributed by atoms with Crippen molar-refractivity contribution in [1.29, 1.82) is 0 Å². The van der Waals surface area contributed by atoms with Crippen LogP contribution in [0.25, 0.3) is 0 Å². The Labute approximate surface area is 179 Å². The number of aldehydes is 1. The topological polar surface area (TPSA) is 96.0 Å². The summed E-state index contributed by atoms with van der Waals surface area (Å²) in [5, 5.41) is 0. The number of rotatable bonds is 19. The molecule has 7 nitrogen and oxygen atoms in total. The summed E-state index contributed by atoms with van der Waals surface area (Å²) in [6, 6.07) is 0. The van der Waals surface area contributed by atoms with E-state index in [-0.39, 0.29) is 32.2 Å². The third-order valence-corrected chi connectivity index (χ3v) is 4.44. The highest BCUT2D eigenvalue weighted by molar-refractivity contribution is 5.81. The monoisotopic (exact) mass is 422 g/mol. The fourth-order valence-electron chi connectivity index (χ4n) is 2.68. The van der Waals surface area contributed by atoms with Gasteiger partial charge in [0.2, 0.25) is 0 Å². The van der Waals surface area contributed by atoms with Crippen LogP contribution in [0.5, 0.6) is 0 Å². The average Bonchev–Trinajstić information content (AvgIpc) is 2.76. The number of allylic oxidation sites excluding steroid dienone is 1. The Balaban J connectivity index is 4.58. The van der Waals surface area contributed by atoms with Crippen molar-refractivity contribution in [3.8, 4) is 0 Å². The van der Waals surface area contributed by atoms with Crippen molar-refractivity contribution < 1.29 is 33.4 Å². The van der Waals surface area contributed by atoms with E-state index in [4.69, 9.17) is 14.2 Å². The SMILES string of the molecule is C=CCC(COC(=O)C=C)(COC(=O)C=C)COC(=O)CCCCCCCCC=O. The molecular formula is C23H34O7. The number of hydrogen-bond acceptors (Lipinski definition) is 7. The van der Waals surface area contributed by atoms with Crippen molar-refractivity contribution in [2.75, 3.05) is 19.8 Å². The van der Waals surface area contributed by atoms with Gasteiger partial charge in [0, 0.05) is 25.0 Å². The predicted molar refractivity (Wildman–Crippen MR) is 114 cm³/mol. The van der Waals surface area contributed by atoms with E-state index in [1.165, 1.54) is 0 Å². The largest absolute Gasteiger partial charge is 0.465 e. The van der Waals surface area contributed by atoms with Gasteiger partial charge in [-0.1, -0.05) is 44.9 Å². The summed E-state index contributed by atoms with van der Waals surface area (Å²) in [5.74, 6) is -1.62. The Bertz CT molecular complexity index is 556. The molecule has 0 heterocycles. The van der Waals surface area contributed by atoms with Crippen LogP contribution in [0.2, 0.25) is 0 Å². The van der Waals surface area contributed by atoms with Crippen LogP contribution in [-0.2, 0) is 33.4 Å². The minimum Gasteiger partial charge on any atom is -0.465 e. The first-order valence-corrected chi connectivity index (χ1v) is 10.2. The van der Waals surface area contributed by atoms with Gasteiger partial charge < -0.3 is 19.0 Å². The summed E-state index contributed by atoms with van der Waals surface area (Å²) in [4.78, 5) is 45.3. The fraction of sp³-hybridized carbons (Fsp3) is 0.565. The Hall–Kier alpha value is -2.70. The van der Waals surface area contributed by atoms with Crippen molar-refractivity contribution in [3.63, 3.8) is 0 Å². The molecule has 0 rings (SSSR count). The summed E-state index contributed by atoms with van der Waals surface area (Å²) >= 11 is 0. The molecule has 0 aliphatic carbocycles. The van der Waals surface area contributed by atoms with Crippen molar-refractivity contribution in [2.45, 2.75) is 57.8 Å². The van der Waals surface area contributed by atoms with Crippen molar-refractivity contribution in [3.05, 3.63) is 38.0 Å². The van der Waals surface area contributed by atoms with Crippen LogP contribution in [-0.4, -0.2) is 44.0 Å². The molecule has 0 N–H and O–H groups in total. The lowest BCUT2D eigenvalue weighted by Gasteiger charge is -2.30. The number of carbonyl (C=O) groups excluding carboxylic acids is 4. The standard InChI is InChI=1S/C23H34O7/c1-4-15-23(17-28-20(25)5-2,18-29-21(26)6-3)19-30-22(27)14-12-10-8-7-9-11-13-16-24/h4-6,16H,1-3,7-15,17-19H2. The average molecular weight is 423 g/mol. The van der Waals surface area contributed by atoms with Gasteiger partial charge in [-0.2, -0.15) is 0 Å². The van der Waals surface area contributed by atoms with Crippen LogP contribution < -0.4 is 0 Å². The van der Waals surface area contributed by atoms with Gasteiger partial charge in [0.25, 0.3) is 0 Å². The number of unbranched alkanes of at least 4 members (excludes halogenated alkanes) is 6. The van der Waals surface area contributed by atoms with E-state index in [0.29, 0.717) is 19.3 Å². The highest BCUT2D eigenvalue weighted by Gasteiger charge is 2.34. The molecule has 0 aliphatic rings. The third kappa shape index (κ3) is 13.5. The second kappa shape index (κ2) is 17.2. The summed E-state index contributed by atoms with van der Waals surface area (Å²) < 4.78 is 15.6. The summed E-state index contributed by atoms with van der Waals surface area (Å²) in [6.07, 6.45) is 11.3. The van der Waals surface area contributed by atoms with Gasteiger partial charge in [-0.3, -0.25) is 4.79 Å². The number of hydrogen-bond donors (Lipinski definition) is 0. The van der Waals surface area contributed by atoms with Gasteiger partial charge >= 0.3 is 17.9 Å². The Morgan fingerprint density at radius 1 is 0.733 bits per heavy atom. The quantitative estimate of drug-likeness (QED) is 0.0778. The van der Waals surface area contributed by atoms with E-state index >= 15 is 0 Å². The third-order valence-electron chi connectivity index (χ3n) is 4.44. The minimum absolute atomic E-state index is 0.0849. The maximum absolute atomic E-state index is 12.1. The van der Waals surface area contributed by atoms with Crippen LogP contribution in [0.4, 0.5) is 0 Å². The smallest absolute Gasteiger partial charge is 0.330 e. The molecule has 0 amide bonds. The Kier molecular flexibility index (Phi) is 15.6. The molecule has 0 bridgehead atoms. The van der Waals surface area contributed by atoms with E-state index in [0.717, 1.165) is 50.5 Å². The molecule has 0 aromatic carbocycles. The molecule has 168 valence electrons. The second-order valence-electron chi connectivity index (χ2n) is 7.10. The normalized spacial score (nSPS) is 10.5. The minimum atomic E-state index is -0.937. The Morgan fingerprint density at radius 2 is 1.23 bits per heavy atom. The van der Waals surface area contributed by atoms with Gasteiger partial charge in [0.15, 0.2) is 0 Å². The first-order valence-electron chi connectivity index (χ1n) is 10.2.